The Morgan fingerprint density at radius 2 is 1.80 bits per heavy atom. The van der Waals surface area contributed by atoms with Crippen molar-refractivity contribution in [3.8, 4) is 17.6 Å². The molecule has 0 heterocycles. The van der Waals surface area contributed by atoms with Gasteiger partial charge < -0.3 is 4.74 Å². The molecule has 0 amide bonds. The molecule has 0 aliphatic heterocycles. The lowest BCUT2D eigenvalue weighted by Gasteiger charge is -2.15. The van der Waals surface area contributed by atoms with Crippen LogP contribution in [0, 0.1) is 25.2 Å². The molecule has 0 saturated heterocycles. The summed E-state index contributed by atoms with van der Waals surface area (Å²) in [5.41, 5.74) is 3.23. The maximum absolute atomic E-state index is 8.96. The van der Waals surface area contributed by atoms with E-state index >= 15 is 0 Å². The summed E-state index contributed by atoms with van der Waals surface area (Å²) in [4.78, 5) is 0. The molecule has 2 rings (SSSR count). The second-order valence-corrected chi connectivity index (χ2v) is 5.19. The number of ether oxygens (including phenoxy) is 1. The van der Waals surface area contributed by atoms with Gasteiger partial charge in [0.15, 0.2) is 0 Å². The summed E-state index contributed by atoms with van der Waals surface area (Å²) in [7, 11) is 0. The van der Waals surface area contributed by atoms with Gasteiger partial charge in [-0.2, -0.15) is 5.26 Å². The number of hydrogen-bond donors (Lipinski definition) is 0. The van der Waals surface area contributed by atoms with Crippen LogP contribution in [0.15, 0.2) is 30.3 Å². The van der Waals surface area contributed by atoms with Crippen LogP contribution in [0.25, 0.3) is 0 Å². The van der Waals surface area contributed by atoms with Crippen molar-refractivity contribution in [2.45, 2.75) is 19.7 Å². The van der Waals surface area contributed by atoms with E-state index in [1.807, 2.05) is 26.0 Å². The van der Waals surface area contributed by atoms with Gasteiger partial charge in [-0.15, -0.1) is 11.6 Å². The fraction of sp³-hybridized carbons (Fsp3) is 0.188. The predicted molar refractivity (Wildman–Crippen MR) is 81.7 cm³/mol. The Labute approximate surface area is 128 Å². The molecule has 0 saturated carbocycles. The van der Waals surface area contributed by atoms with Gasteiger partial charge in [0.2, 0.25) is 0 Å². The first-order valence-electron chi connectivity index (χ1n) is 6.09. The van der Waals surface area contributed by atoms with Crippen molar-refractivity contribution in [3.05, 3.63) is 57.6 Å². The minimum atomic E-state index is 0.324. The first-order valence-corrected chi connectivity index (χ1v) is 7.00. The van der Waals surface area contributed by atoms with Crippen LogP contribution in [0.2, 0.25) is 5.02 Å². The van der Waals surface area contributed by atoms with Crippen LogP contribution in [0.4, 0.5) is 0 Å². The monoisotopic (exact) mass is 305 g/mol. The third-order valence-corrected chi connectivity index (χ3v) is 3.57. The average molecular weight is 306 g/mol. The average Bonchev–Trinajstić information content (AvgIpc) is 2.43. The van der Waals surface area contributed by atoms with E-state index in [4.69, 9.17) is 33.2 Å². The lowest BCUT2D eigenvalue weighted by molar-refractivity contribution is 0.471. The molecule has 0 spiro atoms. The zero-order valence-corrected chi connectivity index (χ0v) is 12.7. The minimum absolute atomic E-state index is 0.324. The third-order valence-electron chi connectivity index (χ3n) is 2.99. The van der Waals surface area contributed by atoms with Crippen LogP contribution in [-0.4, -0.2) is 0 Å². The van der Waals surface area contributed by atoms with Gasteiger partial charge in [-0.3, -0.25) is 0 Å². The smallest absolute Gasteiger partial charge is 0.150 e. The Bertz CT molecular complexity index is 666. The van der Waals surface area contributed by atoms with Crippen LogP contribution >= 0.6 is 23.2 Å². The molecule has 102 valence electrons. The van der Waals surface area contributed by atoms with Gasteiger partial charge in [-0.05, 0) is 43.2 Å². The molecule has 0 atom stereocenters. The molecule has 0 bridgehead atoms. The Hall–Kier alpha value is -1.69. The van der Waals surface area contributed by atoms with E-state index in [-0.39, 0.29) is 0 Å². The van der Waals surface area contributed by atoms with Crippen LogP contribution in [0.1, 0.15) is 22.3 Å². The number of nitriles is 1. The van der Waals surface area contributed by atoms with Crippen molar-refractivity contribution in [3.63, 3.8) is 0 Å². The predicted octanol–water partition coefficient (Wildman–Crippen LogP) is 5.36. The minimum Gasteiger partial charge on any atom is -0.455 e. The Morgan fingerprint density at radius 3 is 2.35 bits per heavy atom. The second-order valence-electron chi connectivity index (χ2n) is 4.51. The molecule has 2 aromatic carbocycles. The zero-order chi connectivity index (χ0) is 14.7. The summed E-state index contributed by atoms with van der Waals surface area (Å²) in [6.07, 6.45) is 0. The normalized spacial score (nSPS) is 10.2. The van der Waals surface area contributed by atoms with Crippen LogP contribution in [0.3, 0.4) is 0 Å². The van der Waals surface area contributed by atoms with E-state index in [2.05, 4.69) is 6.07 Å². The van der Waals surface area contributed by atoms with Crippen molar-refractivity contribution < 1.29 is 4.74 Å². The van der Waals surface area contributed by atoms with Gasteiger partial charge in [0.1, 0.15) is 11.5 Å². The van der Waals surface area contributed by atoms with Crippen LogP contribution in [0.5, 0.6) is 11.5 Å². The van der Waals surface area contributed by atoms with E-state index in [0.29, 0.717) is 28.0 Å². The Balaban J connectivity index is 2.49. The summed E-state index contributed by atoms with van der Waals surface area (Å²) in [5.74, 6) is 1.60. The maximum atomic E-state index is 8.96. The van der Waals surface area contributed by atoms with Crippen molar-refractivity contribution in [2.24, 2.45) is 0 Å². The molecule has 4 heteroatoms. The van der Waals surface area contributed by atoms with E-state index < -0.39 is 0 Å². The molecular weight excluding hydrogens is 293 g/mol. The number of para-hydroxylation sites is 1. The lowest BCUT2D eigenvalue weighted by atomic mass is 10.1. The van der Waals surface area contributed by atoms with Crippen molar-refractivity contribution in [1.29, 1.82) is 5.26 Å². The zero-order valence-electron chi connectivity index (χ0n) is 11.2. The quantitative estimate of drug-likeness (QED) is 0.715. The van der Waals surface area contributed by atoms with Gasteiger partial charge in [0.05, 0.1) is 22.5 Å². The van der Waals surface area contributed by atoms with E-state index in [9.17, 15) is 0 Å². The number of nitrogens with zero attached hydrogens (tertiary/aromatic N) is 1. The van der Waals surface area contributed by atoms with Crippen molar-refractivity contribution in [2.75, 3.05) is 0 Å². The first kappa shape index (κ1) is 14.7. The first-order chi connectivity index (χ1) is 9.56. The molecule has 0 unspecified atom stereocenters. The summed E-state index contributed by atoms with van der Waals surface area (Å²) >= 11 is 12.1. The Kier molecular flexibility index (Phi) is 4.54. The molecule has 2 aromatic rings. The SMILES string of the molecule is Cc1cc(C#N)cc(C)c1Oc1c(Cl)cccc1CCl. The molecule has 0 radical (unpaired) electrons. The molecule has 0 aromatic heterocycles. The highest BCUT2D eigenvalue weighted by atomic mass is 35.5. The summed E-state index contributed by atoms with van der Waals surface area (Å²) in [6, 6.07) is 11.2. The highest BCUT2D eigenvalue weighted by molar-refractivity contribution is 6.32. The van der Waals surface area contributed by atoms with E-state index in [1.54, 1.807) is 18.2 Å². The summed E-state index contributed by atoms with van der Waals surface area (Å²) in [5, 5.41) is 9.48. The van der Waals surface area contributed by atoms with E-state index in [0.717, 1.165) is 16.7 Å². The molecule has 0 fully saturated rings. The van der Waals surface area contributed by atoms with Gasteiger partial charge in [-0.1, -0.05) is 23.7 Å². The maximum Gasteiger partial charge on any atom is 0.150 e. The number of alkyl halides is 1. The summed E-state index contributed by atoms with van der Waals surface area (Å²) < 4.78 is 5.97. The number of halogens is 2. The highest BCUT2D eigenvalue weighted by Gasteiger charge is 2.13. The van der Waals surface area contributed by atoms with Crippen molar-refractivity contribution in [1.82, 2.24) is 0 Å². The fourth-order valence-electron chi connectivity index (χ4n) is 2.05. The van der Waals surface area contributed by atoms with Gasteiger partial charge >= 0.3 is 0 Å². The number of benzene rings is 2. The molecule has 20 heavy (non-hydrogen) atoms. The molecule has 0 aliphatic carbocycles. The Morgan fingerprint density at radius 1 is 1.15 bits per heavy atom. The number of hydrogen-bond acceptors (Lipinski definition) is 2. The second kappa shape index (κ2) is 6.17. The van der Waals surface area contributed by atoms with Gasteiger partial charge in [-0.25, -0.2) is 0 Å². The molecule has 0 N–H and O–H groups in total. The van der Waals surface area contributed by atoms with Crippen LogP contribution < -0.4 is 4.74 Å². The van der Waals surface area contributed by atoms with Crippen molar-refractivity contribution >= 4 is 23.2 Å². The standard InChI is InChI=1S/C16H13Cl2NO/c1-10-6-12(9-19)7-11(2)15(10)20-16-13(8-17)4-3-5-14(16)18/h3-7H,8H2,1-2H3. The number of aryl methyl sites for hydroxylation is 2. The largest absolute Gasteiger partial charge is 0.455 e. The molecule has 2 nitrogen and oxygen atoms in total. The number of rotatable bonds is 3. The van der Waals surface area contributed by atoms with Gasteiger partial charge in [0.25, 0.3) is 0 Å². The third kappa shape index (κ3) is 2.90. The topological polar surface area (TPSA) is 33.0 Å². The highest BCUT2D eigenvalue weighted by Crippen LogP contribution is 2.36. The van der Waals surface area contributed by atoms with Gasteiger partial charge in [0, 0.05) is 5.56 Å². The molecular formula is C16H13Cl2NO. The molecule has 0 aliphatic rings. The summed E-state index contributed by atoms with van der Waals surface area (Å²) in [6.45, 7) is 3.81. The van der Waals surface area contributed by atoms with Crippen LogP contribution in [-0.2, 0) is 5.88 Å². The lowest BCUT2D eigenvalue weighted by Crippen LogP contribution is -1.96. The van der Waals surface area contributed by atoms with E-state index in [1.165, 1.54) is 0 Å². The fourth-order valence-corrected chi connectivity index (χ4v) is 2.49.